The van der Waals surface area contributed by atoms with Crippen LogP contribution < -0.4 is 16.4 Å². The fourth-order valence-electron chi connectivity index (χ4n) is 2.26. The molecule has 102 valence electrons. The first-order valence-corrected chi connectivity index (χ1v) is 6.37. The molecule has 1 heterocycles. The number of nitrogens with two attached hydrogens (primary N) is 1. The van der Waals surface area contributed by atoms with Gasteiger partial charge < -0.3 is 16.4 Å². The third kappa shape index (κ3) is 2.30. The van der Waals surface area contributed by atoms with Gasteiger partial charge in [0.2, 0.25) is 5.91 Å². The number of amides is 1. The molecule has 0 aromatic heterocycles. The van der Waals surface area contributed by atoms with Crippen LogP contribution in [0.3, 0.4) is 0 Å². The standard InChI is InChI=1S/C15H14FN3O/c16-10-3-1-2-4-12(10)18-14-7-9-5-6-15(20)19-13(9)8-11(14)17/h1-4,7-8,18H,5-6,17H2,(H,19,20). The Labute approximate surface area is 115 Å². The molecule has 1 amide bonds. The van der Waals surface area contributed by atoms with Gasteiger partial charge in [-0.15, -0.1) is 0 Å². The molecule has 0 aliphatic carbocycles. The molecule has 0 atom stereocenters. The number of anilines is 4. The lowest BCUT2D eigenvalue weighted by Gasteiger charge is -2.20. The quantitative estimate of drug-likeness (QED) is 0.735. The Morgan fingerprint density at radius 2 is 1.95 bits per heavy atom. The normalized spacial score (nSPS) is 13.6. The summed E-state index contributed by atoms with van der Waals surface area (Å²) in [7, 11) is 0. The van der Waals surface area contributed by atoms with Gasteiger partial charge in [-0.1, -0.05) is 12.1 Å². The molecule has 0 spiro atoms. The van der Waals surface area contributed by atoms with Crippen molar-refractivity contribution in [2.75, 3.05) is 16.4 Å². The van der Waals surface area contributed by atoms with E-state index in [0.717, 1.165) is 11.3 Å². The highest BCUT2D eigenvalue weighted by Crippen LogP contribution is 2.33. The predicted octanol–water partition coefficient (Wildman–Crippen LogP) is 3.04. The van der Waals surface area contributed by atoms with Gasteiger partial charge in [0, 0.05) is 12.1 Å². The molecule has 20 heavy (non-hydrogen) atoms. The minimum atomic E-state index is -0.335. The van der Waals surface area contributed by atoms with Gasteiger partial charge in [0.1, 0.15) is 5.82 Å². The van der Waals surface area contributed by atoms with E-state index < -0.39 is 0 Å². The summed E-state index contributed by atoms with van der Waals surface area (Å²) >= 11 is 0. The number of carbonyl (C=O) groups is 1. The lowest BCUT2D eigenvalue weighted by Crippen LogP contribution is -2.19. The summed E-state index contributed by atoms with van der Waals surface area (Å²) in [5, 5.41) is 5.77. The number of hydrogen-bond acceptors (Lipinski definition) is 3. The zero-order valence-electron chi connectivity index (χ0n) is 10.7. The average molecular weight is 271 g/mol. The van der Waals surface area contributed by atoms with Gasteiger partial charge >= 0.3 is 0 Å². The molecular weight excluding hydrogens is 257 g/mol. The zero-order valence-corrected chi connectivity index (χ0v) is 10.7. The van der Waals surface area contributed by atoms with Crippen LogP contribution in [0.2, 0.25) is 0 Å². The van der Waals surface area contributed by atoms with Crippen LogP contribution in [0.5, 0.6) is 0 Å². The van der Waals surface area contributed by atoms with Gasteiger partial charge in [0.05, 0.1) is 17.1 Å². The number of fused-ring (bicyclic) bond motifs is 1. The lowest BCUT2D eigenvalue weighted by molar-refractivity contribution is -0.116. The molecule has 4 N–H and O–H groups in total. The zero-order chi connectivity index (χ0) is 14.1. The predicted molar refractivity (Wildman–Crippen MR) is 77.5 cm³/mol. The van der Waals surface area contributed by atoms with Crippen molar-refractivity contribution >= 4 is 28.7 Å². The summed E-state index contributed by atoms with van der Waals surface area (Å²) in [6.45, 7) is 0. The molecule has 0 radical (unpaired) electrons. The summed E-state index contributed by atoms with van der Waals surface area (Å²) in [6, 6.07) is 9.98. The van der Waals surface area contributed by atoms with Crippen LogP contribution in [0.4, 0.5) is 27.1 Å². The summed E-state index contributed by atoms with van der Waals surface area (Å²) in [5.41, 5.74) is 9.17. The molecule has 3 rings (SSSR count). The second-order valence-corrected chi connectivity index (χ2v) is 4.75. The van der Waals surface area contributed by atoms with E-state index in [1.165, 1.54) is 6.07 Å². The minimum absolute atomic E-state index is 0.00767. The molecule has 4 nitrogen and oxygen atoms in total. The van der Waals surface area contributed by atoms with Crippen molar-refractivity contribution < 1.29 is 9.18 Å². The van der Waals surface area contributed by atoms with E-state index in [9.17, 15) is 9.18 Å². The van der Waals surface area contributed by atoms with Gasteiger partial charge in [0.15, 0.2) is 0 Å². The van der Waals surface area contributed by atoms with Gasteiger partial charge in [-0.2, -0.15) is 0 Å². The molecule has 1 aliphatic rings. The van der Waals surface area contributed by atoms with Crippen LogP contribution in [0.1, 0.15) is 12.0 Å². The smallest absolute Gasteiger partial charge is 0.224 e. The number of benzene rings is 2. The van der Waals surface area contributed by atoms with E-state index in [-0.39, 0.29) is 11.7 Å². The van der Waals surface area contributed by atoms with E-state index >= 15 is 0 Å². The molecule has 1 aliphatic heterocycles. The number of aryl methyl sites for hydroxylation is 1. The highest BCUT2D eigenvalue weighted by molar-refractivity contribution is 5.95. The van der Waals surface area contributed by atoms with E-state index in [1.807, 2.05) is 6.07 Å². The fraction of sp³-hybridized carbons (Fsp3) is 0.133. The SMILES string of the molecule is Nc1cc2c(cc1Nc1ccccc1F)CCC(=O)N2. The largest absolute Gasteiger partial charge is 0.397 e. The van der Waals surface area contributed by atoms with Crippen LogP contribution >= 0.6 is 0 Å². The summed E-state index contributed by atoms with van der Waals surface area (Å²) in [5.74, 6) is -0.343. The van der Waals surface area contributed by atoms with Gasteiger partial charge in [-0.05, 0) is 36.2 Å². The van der Waals surface area contributed by atoms with Crippen molar-refractivity contribution in [2.24, 2.45) is 0 Å². The number of nitrogen functional groups attached to an aromatic ring is 1. The lowest BCUT2D eigenvalue weighted by atomic mass is 10.0. The molecule has 5 heteroatoms. The Hall–Kier alpha value is -2.56. The second-order valence-electron chi connectivity index (χ2n) is 4.75. The topological polar surface area (TPSA) is 67.1 Å². The van der Waals surface area contributed by atoms with Gasteiger partial charge in [-0.3, -0.25) is 4.79 Å². The monoisotopic (exact) mass is 271 g/mol. The van der Waals surface area contributed by atoms with Crippen molar-refractivity contribution in [1.29, 1.82) is 0 Å². The Morgan fingerprint density at radius 1 is 1.15 bits per heavy atom. The van der Waals surface area contributed by atoms with Crippen LogP contribution in [0.25, 0.3) is 0 Å². The number of nitrogens with one attached hydrogen (secondary N) is 2. The number of halogens is 1. The number of carbonyl (C=O) groups excluding carboxylic acids is 1. The Morgan fingerprint density at radius 3 is 2.75 bits per heavy atom. The molecule has 0 saturated heterocycles. The van der Waals surface area contributed by atoms with E-state index in [2.05, 4.69) is 10.6 Å². The number of hydrogen-bond donors (Lipinski definition) is 3. The second kappa shape index (κ2) is 4.85. The minimum Gasteiger partial charge on any atom is -0.397 e. The maximum atomic E-state index is 13.6. The number of rotatable bonds is 2. The fourth-order valence-corrected chi connectivity index (χ4v) is 2.26. The highest BCUT2D eigenvalue weighted by atomic mass is 19.1. The van der Waals surface area contributed by atoms with Crippen molar-refractivity contribution in [2.45, 2.75) is 12.8 Å². The van der Waals surface area contributed by atoms with Crippen LogP contribution in [0.15, 0.2) is 36.4 Å². The number of para-hydroxylation sites is 1. The summed E-state index contributed by atoms with van der Waals surface area (Å²) in [4.78, 5) is 11.3. The maximum absolute atomic E-state index is 13.6. The molecule has 2 aromatic carbocycles. The van der Waals surface area contributed by atoms with Crippen molar-refractivity contribution in [1.82, 2.24) is 0 Å². The van der Waals surface area contributed by atoms with Gasteiger partial charge in [-0.25, -0.2) is 4.39 Å². The van der Waals surface area contributed by atoms with E-state index in [0.29, 0.717) is 29.9 Å². The molecular formula is C15H14FN3O. The molecule has 0 bridgehead atoms. The molecule has 0 unspecified atom stereocenters. The Kier molecular flexibility index (Phi) is 3.02. The van der Waals surface area contributed by atoms with E-state index in [4.69, 9.17) is 5.73 Å². The van der Waals surface area contributed by atoms with E-state index in [1.54, 1.807) is 24.3 Å². The molecule has 0 fully saturated rings. The third-order valence-corrected chi connectivity index (χ3v) is 3.31. The first kappa shape index (κ1) is 12.5. The van der Waals surface area contributed by atoms with Crippen LogP contribution in [-0.4, -0.2) is 5.91 Å². The van der Waals surface area contributed by atoms with Crippen LogP contribution in [0, 0.1) is 5.82 Å². The van der Waals surface area contributed by atoms with Crippen molar-refractivity contribution in [3.63, 3.8) is 0 Å². The van der Waals surface area contributed by atoms with Crippen LogP contribution in [-0.2, 0) is 11.2 Å². The first-order valence-electron chi connectivity index (χ1n) is 6.37. The average Bonchev–Trinajstić information content (AvgIpc) is 2.42. The summed E-state index contributed by atoms with van der Waals surface area (Å²) < 4.78 is 13.6. The molecule has 2 aromatic rings. The highest BCUT2D eigenvalue weighted by Gasteiger charge is 2.17. The van der Waals surface area contributed by atoms with Crippen molar-refractivity contribution in [3.8, 4) is 0 Å². The van der Waals surface area contributed by atoms with Crippen molar-refractivity contribution in [3.05, 3.63) is 47.8 Å². The third-order valence-electron chi connectivity index (χ3n) is 3.31. The summed E-state index contributed by atoms with van der Waals surface area (Å²) in [6.07, 6.45) is 1.11. The van der Waals surface area contributed by atoms with Gasteiger partial charge in [0.25, 0.3) is 0 Å². The molecule has 0 saturated carbocycles. The maximum Gasteiger partial charge on any atom is 0.224 e. The first-order chi connectivity index (χ1) is 9.63. The Bertz CT molecular complexity index is 685. The Balaban J connectivity index is 1.95.